The van der Waals surface area contributed by atoms with Crippen molar-refractivity contribution in [3.63, 3.8) is 0 Å². The van der Waals surface area contributed by atoms with Crippen LogP contribution in [0.4, 0.5) is 0 Å². The molecule has 0 bridgehead atoms. The van der Waals surface area contributed by atoms with Crippen LogP contribution in [-0.4, -0.2) is 36.9 Å². The minimum absolute atomic E-state index is 0.0454. The second-order valence-corrected chi connectivity index (χ2v) is 9.90. The van der Waals surface area contributed by atoms with Gasteiger partial charge in [-0.15, -0.1) is 0 Å². The van der Waals surface area contributed by atoms with Crippen molar-refractivity contribution < 1.29 is 14.6 Å². The van der Waals surface area contributed by atoms with Gasteiger partial charge in [-0.2, -0.15) is 0 Å². The average molecular weight is 456 g/mol. The fourth-order valence-corrected chi connectivity index (χ4v) is 4.14. The Labute approximate surface area is 200 Å². The molecule has 0 saturated heterocycles. The van der Waals surface area contributed by atoms with Crippen molar-refractivity contribution in [1.82, 2.24) is 5.32 Å². The molecule has 2 atom stereocenters. The van der Waals surface area contributed by atoms with Gasteiger partial charge in [0.25, 0.3) is 0 Å². The van der Waals surface area contributed by atoms with Gasteiger partial charge in [0.05, 0.1) is 19.3 Å². The molecule has 0 aromatic heterocycles. The molecule has 0 radical (unpaired) electrons. The number of unbranched alkanes of at least 4 members (excludes halogenated alkanes) is 14. The summed E-state index contributed by atoms with van der Waals surface area (Å²) in [6.07, 6.45) is 23.7. The van der Waals surface area contributed by atoms with E-state index in [0.29, 0.717) is 25.6 Å². The van der Waals surface area contributed by atoms with Crippen LogP contribution in [0.25, 0.3) is 0 Å². The van der Waals surface area contributed by atoms with Crippen molar-refractivity contribution in [3.8, 4) is 0 Å². The quantitative estimate of drug-likeness (QED) is 0.140. The highest BCUT2D eigenvalue weighted by Gasteiger charge is 2.12. The van der Waals surface area contributed by atoms with Gasteiger partial charge < -0.3 is 15.2 Å². The Morgan fingerprint density at radius 3 is 1.78 bits per heavy atom. The van der Waals surface area contributed by atoms with Gasteiger partial charge in [-0.3, -0.25) is 4.79 Å². The van der Waals surface area contributed by atoms with Crippen LogP contribution in [0.2, 0.25) is 0 Å². The summed E-state index contributed by atoms with van der Waals surface area (Å²) < 4.78 is 5.74. The van der Waals surface area contributed by atoms with Crippen molar-refractivity contribution in [2.45, 2.75) is 149 Å². The lowest BCUT2D eigenvalue weighted by Gasteiger charge is -2.17. The molecule has 0 unspecified atom stereocenters. The predicted molar refractivity (Wildman–Crippen MR) is 138 cm³/mol. The van der Waals surface area contributed by atoms with Gasteiger partial charge in [-0.05, 0) is 18.8 Å². The Morgan fingerprint density at radius 2 is 1.25 bits per heavy atom. The van der Waals surface area contributed by atoms with Crippen LogP contribution in [0.5, 0.6) is 0 Å². The lowest BCUT2D eigenvalue weighted by Crippen LogP contribution is -2.40. The Kier molecular flexibility index (Phi) is 24.5. The lowest BCUT2D eigenvalue weighted by atomic mass is 9.99. The summed E-state index contributed by atoms with van der Waals surface area (Å²) in [6.45, 7) is 7.86. The minimum Gasteiger partial charge on any atom is -0.394 e. The summed E-state index contributed by atoms with van der Waals surface area (Å²) in [7, 11) is 0. The average Bonchev–Trinajstić information content (AvgIpc) is 2.79. The molecule has 4 nitrogen and oxygen atoms in total. The van der Waals surface area contributed by atoms with Crippen LogP contribution < -0.4 is 5.32 Å². The van der Waals surface area contributed by atoms with E-state index in [-0.39, 0.29) is 18.6 Å². The number of aliphatic hydroxyl groups is 1. The fraction of sp³-hybridized carbons (Fsp3) is 0.964. The first-order valence-corrected chi connectivity index (χ1v) is 14.1. The van der Waals surface area contributed by atoms with E-state index in [1.165, 1.54) is 96.3 Å². The van der Waals surface area contributed by atoms with Gasteiger partial charge in [0.15, 0.2) is 0 Å². The van der Waals surface area contributed by atoms with E-state index in [1.54, 1.807) is 0 Å². The van der Waals surface area contributed by atoms with Crippen LogP contribution in [0.1, 0.15) is 143 Å². The van der Waals surface area contributed by atoms with Crippen molar-refractivity contribution in [3.05, 3.63) is 0 Å². The van der Waals surface area contributed by atoms with E-state index >= 15 is 0 Å². The van der Waals surface area contributed by atoms with Crippen molar-refractivity contribution >= 4 is 5.91 Å². The zero-order valence-electron chi connectivity index (χ0n) is 22.0. The number of nitrogens with one attached hydrogen (secondary N) is 1. The maximum Gasteiger partial charge on any atom is 0.220 e. The molecule has 0 aromatic carbocycles. The molecule has 192 valence electrons. The molecule has 0 aliphatic heterocycles. The molecule has 0 rings (SSSR count). The smallest absolute Gasteiger partial charge is 0.220 e. The second-order valence-electron chi connectivity index (χ2n) is 9.90. The molecule has 0 spiro atoms. The topological polar surface area (TPSA) is 58.6 Å². The van der Waals surface area contributed by atoms with Gasteiger partial charge in [-0.25, -0.2) is 0 Å². The fourth-order valence-electron chi connectivity index (χ4n) is 4.14. The summed E-state index contributed by atoms with van der Waals surface area (Å²) in [5.41, 5.74) is 0. The predicted octanol–water partition coefficient (Wildman–Crippen LogP) is 7.57. The molecule has 0 heterocycles. The molecular formula is C28H57NO3. The maximum atomic E-state index is 12.1. The third kappa shape index (κ3) is 22.6. The van der Waals surface area contributed by atoms with E-state index < -0.39 is 0 Å². The molecule has 2 N–H and O–H groups in total. The normalized spacial score (nSPS) is 13.2. The number of hydrogen-bond acceptors (Lipinski definition) is 3. The standard InChI is InChI=1S/C28H57NO3/c1-4-6-8-10-11-12-13-14-15-17-19-21-28(31)29-27(24-30)25-32-23-22-26(3)20-18-16-9-7-5-2/h26-27,30H,4-25H2,1-3H3,(H,29,31)/t26-,27-/m1/s1. The maximum absolute atomic E-state index is 12.1. The van der Waals surface area contributed by atoms with Gasteiger partial charge in [0.2, 0.25) is 5.91 Å². The number of carbonyl (C=O) groups is 1. The second kappa shape index (κ2) is 25.0. The van der Waals surface area contributed by atoms with Gasteiger partial charge in [0.1, 0.15) is 0 Å². The van der Waals surface area contributed by atoms with Gasteiger partial charge >= 0.3 is 0 Å². The first-order chi connectivity index (χ1) is 15.6. The van der Waals surface area contributed by atoms with Gasteiger partial charge in [-0.1, -0.05) is 124 Å². The van der Waals surface area contributed by atoms with E-state index in [2.05, 4.69) is 26.1 Å². The third-order valence-electron chi connectivity index (χ3n) is 6.47. The monoisotopic (exact) mass is 455 g/mol. The number of carbonyl (C=O) groups excluding carboxylic acids is 1. The highest BCUT2D eigenvalue weighted by atomic mass is 16.5. The number of aliphatic hydroxyl groups excluding tert-OH is 1. The summed E-state index contributed by atoms with van der Waals surface area (Å²) in [5.74, 6) is 0.726. The zero-order chi connectivity index (χ0) is 23.7. The van der Waals surface area contributed by atoms with Crippen LogP contribution in [0.15, 0.2) is 0 Å². The summed E-state index contributed by atoms with van der Waals surface area (Å²) in [6, 6.07) is -0.278. The highest BCUT2D eigenvalue weighted by Crippen LogP contribution is 2.14. The molecule has 0 aromatic rings. The molecule has 0 fully saturated rings. The van der Waals surface area contributed by atoms with Crippen LogP contribution >= 0.6 is 0 Å². The van der Waals surface area contributed by atoms with Crippen molar-refractivity contribution in [2.75, 3.05) is 19.8 Å². The van der Waals surface area contributed by atoms with E-state index in [9.17, 15) is 9.90 Å². The van der Waals surface area contributed by atoms with E-state index in [0.717, 1.165) is 19.3 Å². The summed E-state index contributed by atoms with van der Waals surface area (Å²) in [4.78, 5) is 12.1. The Balaban J connectivity index is 3.56. The van der Waals surface area contributed by atoms with Crippen molar-refractivity contribution in [2.24, 2.45) is 5.92 Å². The molecule has 0 aliphatic rings. The number of hydrogen-bond donors (Lipinski definition) is 2. The molecule has 4 heteroatoms. The zero-order valence-corrected chi connectivity index (χ0v) is 22.0. The number of rotatable bonds is 25. The summed E-state index contributed by atoms with van der Waals surface area (Å²) >= 11 is 0. The Hall–Kier alpha value is -0.610. The molecule has 32 heavy (non-hydrogen) atoms. The highest BCUT2D eigenvalue weighted by molar-refractivity contribution is 5.76. The van der Waals surface area contributed by atoms with Crippen LogP contribution in [-0.2, 0) is 9.53 Å². The molecule has 1 amide bonds. The van der Waals surface area contributed by atoms with Crippen LogP contribution in [0, 0.1) is 5.92 Å². The Morgan fingerprint density at radius 1 is 0.750 bits per heavy atom. The lowest BCUT2D eigenvalue weighted by molar-refractivity contribution is -0.122. The van der Waals surface area contributed by atoms with E-state index in [4.69, 9.17) is 4.74 Å². The first-order valence-electron chi connectivity index (χ1n) is 14.1. The van der Waals surface area contributed by atoms with E-state index in [1.807, 2.05) is 0 Å². The third-order valence-corrected chi connectivity index (χ3v) is 6.47. The first kappa shape index (κ1) is 31.4. The number of amides is 1. The molecule has 0 aliphatic carbocycles. The SMILES string of the molecule is CCCCCCCCCCCCCC(=O)N[C@H](CO)COCC[C@H](C)CCCCCCC. The summed E-state index contributed by atoms with van der Waals surface area (Å²) in [5, 5.41) is 12.5. The largest absolute Gasteiger partial charge is 0.394 e. The van der Waals surface area contributed by atoms with Crippen LogP contribution in [0.3, 0.4) is 0 Å². The van der Waals surface area contributed by atoms with Crippen molar-refractivity contribution in [1.29, 1.82) is 0 Å². The molecular weight excluding hydrogens is 398 g/mol. The number of ether oxygens (including phenoxy) is 1. The Bertz CT molecular complexity index is 389. The van der Waals surface area contributed by atoms with Gasteiger partial charge in [0, 0.05) is 13.0 Å². The molecule has 0 saturated carbocycles. The minimum atomic E-state index is -0.278.